The molecule has 0 aromatic heterocycles. The van der Waals surface area contributed by atoms with E-state index in [0.717, 1.165) is 0 Å². The largest absolute Gasteiger partial charge is 0.389 e. The topological polar surface area (TPSA) is 41.5 Å². The Morgan fingerprint density at radius 2 is 1.62 bits per heavy atom. The lowest BCUT2D eigenvalue weighted by atomic mass is 9.97. The Labute approximate surface area is 126 Å². The minimum atomic E-state index is -0.508. The van der Waals surface area contributed by atoms with Gasteiger partial charge in [-0.1, -0.05) is 60.2 Å². The third-order valence-electron chi connectivity index (χ3n) is 3.46. The molecule has 0 bridgehead atoms. The second kappa shape index (κ2) is 7.93. The molecule has 2 atom stereocenters. The molecule has 0 aliphatic rings. The summed E-state index contributed by atoms with van der Waals surface area (Å²) in [6.07, 6.45) is -0.508. The van der Waals surface area contributed by atoms with Crippen LogP contribution in [0.5, 0.6) is 0 Å². The van der Waals surface area contributed by atoms with Gasteiger partial charge in [-0.3, -0.25) is 0 Å². The zero-order valence-electron chi connectivity index (χ0n) is 12.6. The van der Waals surface area contributed by atoms with Crippen molar-refractivity contribution in [1.29, 1.82) is 0 Å². The molecule has 3 nitrogen and oxygen atoms in total. The van der Waals surface area contributed by atoms with Crippen molar-refractivity contribution in [3.63, 3.8) is 0 Å². The normalized spacial score (nSPS) is 13.9. The molecule has 0 amide bonds. The van der Waals surface area contributed by atoms with Gasteiger partial charge >= 0.3 is 0 Å². The van der Waals surface area contributed by atoms with Crippen LogP contribution in [-0.2, 0) is 4.74 Å². The van der Waals surface area contributed by atoms with E-state index in [0.29, 0.717) is 13.2 Å². The highest BCUT2D eigenvalue weighted by Gasteiger charge is 2.15. The Hall–Kier alpha value is -1.68. The number of aliphatic hydroxyl groups is 1. The summed E-state index contributed by atoms with van der Waals surface area (Å²) < 4.78 is 4.97. The van der Waals surface area contributed by atoms with Crippen molar-refractivity contribution in [3.05, 3.63) is 71.3 Å². The number of aryl methyl sites for hydroxylation is 1. The molecule has 0 fully saturated rings. The van der Waals surface area contributed by atoms with Gasteiger partial charge in [0.05, 0.1) is 18.8 Å². The summed E-state index contributed by atoms with van der Waals surface area (Å²) in [6.45, 7) is 2.90. The molecule has 0 saturated heterocycles. The van der Waals surface area contributed by atoms with Gasteiger partial charge in [0.1, 0.15) is 0 Å². The van der Waals surface area contributed by atoms with Crippen LogP contribution >= 0.6 is 0 Å². The van der Waals surface area contributed by atoms with Gasteiger partial charge in [0, 0.05) is 13.7 Å². The van der Waals surface area contributed by atoms with Crippen molar-refractivity contribution in [2.45, 2.75) is 19.1 Å². The van der Waals surface area contributed by atoms with Gasteiger partial charge in [-0.2, -0.15) is 0 Å². The molecule has 2 aromatic rings. The second-order valence-electron chi connectivity index (χ2n) is 5.27. The van der Waals surface area contributed by atoms with Gasteiger partial charge in [-0.25, -0.2) is 0 Å². The van der Waals surface area contributed by atoms with E-state index in [9.17, 15) is 5.11 Å². The van der Waals surface area contributed by atoms with Gasteiger partial charge in [-0.05, 0) is 18.1 Å². The molecule has 0 spiro atoms. The van der Waals surface area contributed by atoms with Crippen molar-refractivity contribution in [2.24, 2.45) is 0 Å². The Kier molecular flexibility index (Phi) is 5.93. The monoisotopic (exact) mass is 285 g/mol. The van der Waals surface area contributed by atoms with Crippen LogP contribution in [-0.4, -0.2) is 31.5 Å². The van der Waals surface area contributed by atoms with E-state index in [1.165, 1.54) is 16.7 Å². The first-order valence-electron chi connectivity index (χ1n) is 7.22. The maximum atomic E-state index is 9.85. The molecule has 112 valence electrons. The summed E-state index contributed by atoms with van der Waals surface area (Å²) in [4.78, 5) is 0. The summed E-state index contributed by atoms with van der Waals surface area (Å²) in [5.41, 5.74) is 3.62. The standard InChI is InChI=1S/C18H23NO2/c1-14-8-10-16(11-9-14)18(15-6-4-3-5-7-15)19-12-17(20)13-21-2/h3-11,17-20H,12-13H2,1-2H3/t17-,18-/m0/s1. The molecule has 0 saturated carbocycles. The van der Waals surface area contributed by atoms with Crippen molar-refractivity contribution in [2.75, 3.05) is 20.3 Å². The highest BCUT2D eigenvalue weighted by atomic mass is 16.5. The zero-order chi connectivity index (χ0) is 15.1. The first-order chi connectivity index (χ1) is 10.2. The molecule has 2 aromatic carbocycles. The molecular formula is C18H23NO2. The van der Waals surface area contributed by atoms with Crippen LogP contribution < -0.4 is 5.32 Å². The summed E-state index contributed by atoms with van der Waals surface area (Å²) in [5, 5.41) is 13.3. The predicted octanol–water partition coefficient (Wildman–Crippen LogP) is 2.68. The summed E-state index contributed by atoms with van der Waals surface area (Å²) in [7, 11) is 1.60. The molecule has 0 aliphatic heterocycles. The number of rotatable bonds is 7. The number of hydrogen-bond donors (Lipinski definition) is 2. The number of benzene rings is 2. The number of methoxy groups -OCH3 is 1. The van der Waals surface area contributed by atoms with Crippen molar-refractivity contribution < 1.29 is 9.84 Å². The fraction of sp³-hybridized carbons (Fsp3) is 0.333. The smallest absolute Gasteiger partial charge is 0.0897 e. The van der Waals surface area contributed by atoms with E-state index in [1.807, 2.05) is 18.2 Å². The minimum absolute atomic E-state index is 0.0679. The highest BCUT2D eigenvalue weighted by molar-refractivity contribution is 5.33. The zero-order valence-corrected chi connectivity index (χ0v) is 12.6. The average Bonchev–Trinajstić information content (AvgIpc) is 2.50. The first-order valence-corrected chi connectivity index (χ1v) is 7.22. The fourth-order valence-corrected chi connectivity index (χ4v) is 2.34. The van der Waals surface area contributed by atoms with E-state index in [2.05, 4.69) is 48.6 Å². The number of aliphatic hydroxyl groups excluding tert-OH is 1. The van der Waals surface area contributed by atoms with Gasteiger partial charge < -0.3 is 15.2 Å². The van der Waals surface area contributed by atoms with Crippen LogP contribution in [0, 0.1) is 6.92 Å². The van der Waals surface area contributed by atoms with Crippen LogP contribution in [0.1, 0.15) is 22.7 Å². The molecule has 3 heteroatoms. The first kappa shape index (κ1) is 15.7. The van der Waals surface area contributed by atoms with E-state index < -0.39 is 6.10 Å². The van der Waals surface area contributed by atoms with Gasteiger partial charge in [0.2, 0.25) is 0 Å². The van der Waals surface area contributed by atoms with Crippen molar-refractivity contribution in [3.8, 4) is 0 Å². The van der Waals surface area contributed by atoms with Crippen LogP contribution in [0.15, 0.2) is 54.6 Å². The third kappa shape index (κ3) is 4.67. The summed E-state index contributed by atoms with van der Waals surface area (Å²) in [5.74, 6) is 0. The quantitative estimate of drug-likeness (QED) is 0.822. The lowest BCUT2D eigenvalue weighted by molar-refractivity contribution is 0.0634. The minimum Gasteiger partial charge on any atom is -0.389 e. The summed E-state index contributed by atoms with van der Waals surface area (Å²) >= 11 is 0. The Morgan fingerprint density at radius 3 is 2.24 bits per heavy atom. The van der Waals surface area contributed by atoms with E-state index in [1.54, 1.807) is 7.11 Å². The summed E-state index contributed by atoms with van der Waals surface area (Å²) in [6, 6.07) is 18.8. The van der Waals surface area contributed by atoms with Crippen molar-refractivity contribution in [1.82, 2.24) is 5.32 Å². The van der Waals surface area contributed by atoms with E-state index >= 15 is 0 Å². The Balaban J connectivity index is 2.16. The Bertz CT molecular complexity index is 525. The number of hydrogen-bond acceptors (Lipinski definition) is 3. The average molecular weight is 285 g/mol. The van der Waals surface area contributed by atoms with Gasteiger partial charge in [0.25, 0.3) is 0 Å². The van der Waals surface area contributed by atoms with E-state index in [4.69, 9.17) is 4.74 Å². The Morgan fingerprint density at radius 1 is 1.00 bits per heavy atom. The second-order valence-corrected chi connectivity index (χ2v) is 5.27. The van der Waals surface area contributed by atoms with Crippen molar-refractivity contribution >= 4 is 0 Å². The van der Waals surface area contributed by atoms with E-state index in [-0.39, 0.29) is 6.04 Å². The van der Waals surface area contributed by atoms with Gasteiger partial charge in [0.15, 0.2) is 0 Å². The fourth-order valence-electron chi connectivity index (χ4n) is 2.34. The maximum absolute atomic E-state index is 9.85. The SMILES string of the molecule is COC[C@@H](O)CN[C@@H](c1ccccc1)c1ccc(C)cc1. The molecule has 0 unspecified atom stereocenters. The number of ether oxygens (including phenoxy) is 1. The molecule has 0 heterocycles. The molecule has 0 aliphatic carbocycles. The van der Waals surface area contributed by atoms with Crippen LogP contribution in [0.25, 0.3) is 0 Å². The van der Waals surface area contributed by atoms with Crippen LogP contribution in [0.2, 0.25) is 0 Å². The van der Waals surface area contributed by atoms with Gasteiger partial charge in [-0.15, -0.1) is 0 Å². The molecule has 21 heavy (non-hydrogen) atoms. The maximum Gasteiger partial charge on any atom is 0.0897 e. The molecule has 2 rings (SSSR count). The lowest BCUT2D eigenvalue weighted by Gasteiger charge is -2.22. The predicted molar refractivity (Wildman–Crippen MR) is 85.3 cm³/mol. The third-order valence-corrected chi connectivity index (χ3v) is 3.46. The molecule has 2 N–H and O–H groups in total. The highest BCUT2D eigenvalue weighted by Crippen LogP contribution is 2.22. The molecule has 0 radical (unpaired) electrons. The van der Waals surface area contributed by atoms with Crippen LogP contribution in [0.3, 0.4) is 0 Å². The lowest BCUT2D eigenvalue weighted by Crippen LogP contribution is -2.33. The van der Waals surface area contributed by atoms with Crippen LogP contribution in [0.4, 0.5) is 0 Å². The molecular weight excluding hydrogens is 262 g/mol. The number of nitrogens with one attached hydrogen (secondary N) is 1.